The van der Waals surface area contributed by atoms with Gasteiger partial charge < -0.3 is 10.2 Å². The molecule has 6 nitrogen and oxygen atoms in total. The summed E-state index contributed by atoms with van der Waals surface area (Å²) in [6.45, 7) is 4.45. The zero-order valence-corrected chi connectivity index (χ0v) is 12.0. The maximum Gasteiger partial charge on any atom is 0.163 e. The minimum Gasteiger partial charge on any atom is -0.368 e. The lowest BCUT2D eigenvalue weighted by molar-refractivity contribution is 0.296. The second kappa shape index (κ2) is 6.17. The molecule has 108 valence electrons. The first-order valence-electron chi connectivity index (χ1n) is 7.43. The molecule has 0 spiro atoms. The van der Waals surface area contributed by atoms with Crippen molar-refractivity contribution in [2.75, 3.05) is 31.5 Å². The van der Waals surface area contributed by atoms with Gasteiger partial charge in [-0.2, -0.15) is 5.10 Å². The molecule has 3 rings (SSSR count). The highest BCUT2D eigenvalue weighted by atomic mass is 15.3. The number of fused-ring (bicyclic) bond motifs is 1. The van der Waals surface area contributed by atoms with Crippen LogP contribution < -0.4 is 5.32 Å². The van der Waals surface area contributed by atoms with Gasteiger partial charge in [0.2, 0.25) is 0 Å². The molecule has 0 bridgehead atoms. The smallest absolute Gasteiger partial charge is 0.163 e. The molecule has 0 aliphatic carbocycles. The summed E-state index contributed by atoms with van der Waals surface area (Å²) in [5.41, 5.74) is 0.872. The van der Waals surface area contributed by atoms with Crippen LogP contribution in [0.15, 0.2) is 12.5 Å². The van der Waals surface area contributed by atoms with E-state index in [2.05, 4.69) is 25.3 Å². The van der Waals surface area contributed by atoms with Crippen LogP contribution in [0.1, 0.15) is 25.7 Å². The van der Waals surface area contributed by atoms with Crippen LogP contribution in [0, 0.1) is 0 Å². The number of hydrogen-bond donors (Lipinski definition) is 1. The van der Waals surface area contributed by atoms with Gasteiger partial charge in [-0.25, -0.2) is 9.97 Å². The summed E-state index contributed by atoms with van der Waals surface area (Å²) in [6, 6.07) is 0. The van der Waals surface area contributed by atoms with Gasteiger partial charge in [0.25, 0.3) is 0 Å². The van der Waals surface area contributed by atoms with Gasteiger partial charge in [-0.15, -0.1) is 0 Å². The van der Waals surface area contributed by atoms with Gasteiger partial charge in [0.15, 0.2) is 5.65 Å². The van der Waals surface area contributed by atoms with Gasteiger partial charge in [0.1, 0.15) is 12.1 Å². The molecule has 1 aliphatic heterocycles. The predicted molar refractivity (Wildman–Crippen MR) is 79.7 cm³/mol. The topological polar surface area (TPSA) is 58.9 Å². The van der Waals surface area contributed by atoms with Crippen molar-refractivity contribution in [3.8, 4) is 0 Å². The van der Waals surface area contributed by atoms with E-state index in [-0.39, 0.29) is 0 Å². The average molecular weight is 274 g/mol. The Kier molecular flexibility index (Phi) is 4.11. The van der Waals surface area contributed by atoms with Crippen molar-refractivity contribution in [2.45, 2.75) is 25.7 Å². The Morgan fingerprint density at radius 3 is 2.75 bits per heavy atom. The first-order valence-corrected chi connectivity index (χ1v) is 7.43. The molecule has 0 unspecified atom stereocenters. The molecule has 0 aromatic carbocycles. The zero-order valence-electron chi connectivity index (χ0n) is 12.0. The molecule has 0 amide bonds. The molecule has 1 aliphatic rings. The number of anilines is 1. The predicted octanol–water partition coefficient (Wildman–Crippen LogP) is 1.65. The molecule has 20 heavy (non-hydrogen) atoms. The minimum absolute atomic E-state index is 0.872. The SMILES string of the molecule is Cn1ncc2c(NCCN3CCCCCC3)ncnc21. The van der Waals surface area contributed by atoms with E-state index in [4.69, 9.17) is 0 Å². The molecule has 2 aromatic rings. The van der Waals surface area contributed by atoms with Gasteiger partial charge in [-0.1, -0.05) is 12.8 Å². The summed E-state index contributed by atoms with van der Waals surface area (Å²) in [5, 5.41) is 8.64. The van der Waals surface area contributed by atoms with E-state index in [1.54, 1.807) is 11.0 Å². The summed E-state index contributed by atoms with van der Waals surface area (Å²) >= 11 is 0. The summed E-state index contributed by atoms with van der Waals surface area (Å²) in [6.07, 6.45) is 8.85. The van der Waals surface area contributed by atoms with Crippen molar-refractivity contribution < 1.29 is 0 Å². The standard InChI is InChI=1S/C14H22N6/c1-19-14-12(10-18-19)13(16-11-17-14)15-6-9-20-7-4-2-3-5-8-20/h10-11H,2-9H2,1H3,(H,15,16,17). The summed E-state index contributed by atoms with van der Waals surface area (Å²) in [5.74, 6) is 0.887. The Bertz CT molecular complexity index is 556. The Morgan fingerprint density at radius 1 is 1.15 bits per heavy atom. The Balaban J connectivity index is 1.59. The zero-order chi connectivity index (χ0) is 13.8. The monoisotopic (exact) mass is 274 g/mol. The fraction of sp³-hybridized carbons (Fsp3) is 0.643. The van der Waals surface area contributed by atoms with Crippen molar-refractivity contribution in [1.82, 2.24) is 24.6 Å². The second-order valence-electron chi connectivity index (χ2n) is 5.41. The van der Waals surface area contributed by atoms with E-state index in [0.29, 0.717) is 0 Å². The quantitative estimate of drug-likeness (QED) is 0.918. The molecule has 0 radical (unpaired) electrons. The number of rotatable bonds is 4. The Morgan fingerprint density at radius 2 is 1.95 bits per heavy atom. The van der Waals surface area contributed by atoms with E-state index in [9.17, 15) is 0 Å². The summed E-state index contributed by atoms with van der Waals surface area (Å²) < 4.78 is 1.77. The number of aryl methyl sites for hydroxylation is 1. The molecule has 1 saturated heterocycles. The van der Waals surface area contributed by atoms with E-state index in [0.717, 1.165) is 29.9 Å². The minimum atomic E-state index is 0.872. The highest BCUT2D eigenvalue weighted by Gasteiger charge is 2.10. The van der Waals surface area contributed by atoms with E-state index in [1.165, 1.54) is 38.8 Å². The first kappa shape index (κ1) is 13.3. The number of aromatic nitrogens is 4. The average Bonchev–Trinajstić information content (AvgIpc) is 2.69. The summed E-state index contributed by atoms with van der Waals surface area (Å²) in [4.78, 5) is 11.1. The molecule has 3 heterocycles. The molecule has 1 N–H and O–H groups in total. The fourth-order valence-corrected chi connectivity index (χ4v) is 2.80. The van der Waals surface area contributed by atoms with Crippen molar-refractivity contribution >= 4 is 16.9 Å². The van der Waals surface area contributed by atoms with Crippen LogP contribution in [-0.2, 0) is 7.05 Å². The second-order valence-corrected chi connectivity index (χ2v) is 5.41. The van der Waals surface area contributed by atoms with Crippen LogP contribution in [-0.4, -0.2) is 50.8 Å². The van der Waals surface area contributed by atoms with Crippen LogP contribution in [0.2, 0.25) is 0 Å². The van der Waals surface area contributed by atoms with Gasteiger partial charge in [-0.05, 0) is 25.9 Å². The first-order chi connectivity index (χ1) is 9.84. The molecule has 2 aromatic heterocycles. The van der Waals surface area contributed by atoms with E-state index >= 15 is 0 Å². The Labute approximate surface area is 119 Å². The van der Waals surface area contributed by atoms with Gasteiger partial charge in [0.05, 0.1) is 11.6 Å². The molecular formula is C14H22N6. The van der Waals surface area contributed by atoms with Gasteiger partial charge in [-0.3, -0.25) is 4.68 Å². The van der Waals surface area contributed by atoms with E-state index < -0.39 is 0 Å². The molecule has 6 heteroatoms. The molecular weight excluding hydrogens is 252 g/mol. The lowest BCUT2D eigenvalue weighted by Gasteiger charge is -2.19. The maximum absolute atomic E-state index is 4.33. The van der Waals surface area contributed by atoms with Gasteiger partial charge >= 0.3 is 0 Å². The van der Waals surface area contributed by atoms with Crippen LogP contribution >= 0.6 is 0 Å². The third-order valence-corrected chi connectivity index (χ3v) is 3.95. The van der Waals surface area contributed by atoms with Gasteiger partial charge in [0, 0.05) is 20.1 Å². The number of nitrogens with zero attached hydrogens (tertiary/aromatic N) is 5. The molecule has 1 fully saturated rings. The summed E-state index contributed by atoms with van der Waals surface area (Å²) in [7, 11) is 1.90. The largest absolute Gasteiger partial charge is 0.368 e. The highest BCUT2D eigenvalue weighted by Crippen LogP contribution is 2.17. The molecule has 0 atom stereocenters. The van der Waals surface area contributed by atoms with Crippen molar-refractivity contribution in [3.63, 3.8) is 0 Å². The third kappa shape index (κ3) is 2.90. The van der Waals surface area contributed by atoms with Crippen LogP contribution in [0.3, 0.4) is 0 Å². The third-order valence-electron chi connectivity index (χ3n) is 3.95. The fourth-order valence-electron chi connectivity index (χ4n) is 2.80. The molecule has 0 saturated carbocycles. The highest BCUT2D eigenvalue weighted by molar-refractivity contribution is 5.85. The van der Waals surface area contributed by atoms with Crippen molar-refractivity contribution in [3.05, 3.63) is 12.5 Å². The Hall–Kier alpha value is -1.69. The number of hydrogen-bond acceptors (Lipinski definition) is 5. The number of nitrogens with one attached hydrogen (secondary N) is 1. The van der Waals surface area contributed by atoms with E-state index in [1.807, 2.05) is 13.2 Å². The van der Waals surface area contributed by atoms with Crippen LogP contribution in [0.4, 0.5) is 5.82 Å². The lowest BCUT2D eigenvalue weighted by Crippen LogP contribution is -2.30. The normalized spacial score (nSPS) is 17.2. The number of likely N-dealkylation sites (tertiary alicyclic amines) is 1. The van der Waals surface area contributed by atoms with Crippen molar-refractivity contribution in [1.29, 1.82) is 0 Å². The van der Waals surface area contributed by atoms with Crippen LogP contribution in [0.5, 0.6) is 0 Å². The van der Waals surface area contributed by atoms with Crippen LogP contribution in [0.25, 0.3) is 11.0 Å². The van der Waals surface area contributed by atoms with Crippen molar-refractivity contribution in [2.24, 2.45) is 7.05 Å². The lowest BCUT2D eigenvalue weighted by atomic mass is 10.2. The maximum atomic E-state index is 4.33.